The first-order valence-electron chi connectivity index (χ1n) is 9.41. The third-order valence-corrected chi connectivity index (χ3v) is 7.59. The molecule has 0 spiro atoms. The van der Waals surface area contributed by atoms with Crippen LogP contribution in [-0.4, -0.2) is 11.3 Å². The lowest BCUT2D eigenvalue weighted by Gasteiger charge is -2.11. The molecule has 0 aliphatic carbocycles. The van der Waals surface area contributed by atoms with E-state index in [-0.39, 0.29) is 26.5 Å². The maximum absolute atomic E-state index is 13.4. The van der Waals surface area contributed by atoms with E-state index in [0.717, 1.165) is 22.3 Å². The van der Waals surface area contributed by atoms with E-state index in [0.29, 0.717) is 10.6 Å². The number of aryl methyl sites for hydroxylation is 2. The highest BCUT2D eigenvalue weighted by Crippen LogP contribution is 2.35. The van der Waals surface area contributed by atoms with Crippen molar-refractivity contribution in [2.24, 2.45) is 0 Å². The van der Waals surface area contributed by atoms with Crippen LogP contribution in [0.15, 0.2) is 42.5 Å². The van der Waals surface area contributed by atoms with Crippen LogP contribution in [0.3, 0.4) is 0 Å². The van der Waals surface area contributed by atoms with Crippen molar-refractivity contribution in [3.63, 3.8) is 0 Å². The fraction of sp³-hybridized carbons (Fsp3) is 0.167. The number of rotatable bonds is 5. The van der Waals surface area contributed by atoms with Crippen LogP contribution in [0.25, 0.3) is 0 Å². The molecule has 0 amide bonds. The molecule has 0 saturated heterocycles. The van der Waals surface area contributed by atoms with Crippen LogP contribution in [0.2, 0.25) is 15.1 Å². The molecule has 0 fully saturated rings. The van der Waals surface area contributed by atoms with E-state index in [1.165, 1.54) is 24.3 Å². The maximum Gasteiger partial charge on any atom is 0.459 e. The molecule has 0 saturated carbocycles. The number of carbonyl (C=O) groups is 2. The third-order valence-electron chi connectivity index (χ3n) is 5.36. The van der Waals surface area contributed by atoms with Crippen LogP contribution < -0.4 is 5.30 Å². The van der Waals surface area contributed by atoms with Crippen molar-refractivity contribution in [2.75, 3.05) is 0 Å². The summed E-state index contributed by atoms with van der Waals surface area (Å²) in [6.07, 6.45) is 0. The highest BCUT2D eigenvalue weighted by atomic mass is 35.5. The molecule has 0 aromatic heterocycles. The Balaban J connectivity index is 2.11. The van der Waals surface area contributed by atoms with Gasteiger partial charge in [0.15, 0.2) is 0 Å². The molecule has 31 heavy (non-hydrogen) atoms. The number of halogens is 3. The van der Waals surface area contributed by atoms with E-state index in [2.05, 4.69) is 0 Å². The van der Waals surface area contributed by atoms with Crippen LogP contribution in [0.4, 0.5) is 0 Å². The summed E-state index contributed by atoms with van der Waals surface area (Å²) in [7, 11) is -2.56. The Hall–Kier alpha value is -2.03. The van der Waals surface area contributed by atoms with Gasteiger partial charge in [0.2, 0.25) is 11.1 Å². The normalized spacial score (nSPS) is 11.4. The monoisotopic (exact) mass is 491 g/mol. The first-order valence-corrected chi connectivity index (χ1v) is 11.8. The van der Waals surface area contributed by atoms with Crippen LogP contribution in [0.5, 0.6) is 0 Å². The Kier molecular flexibility index (Phi) is 7.03. The Morgan fingerprint density at radius 3 is 1.97 bits per heavy atom. The zero-order valence-corrected chi connectivity index (χ0v) is 20.5. The van der Waals surface area contributed by atoms with Gasteiger partial charge >= 0.3 is 13.3 Å². The number of ketones is 1. The molecule has 0 heterocycles. The largest absolute Gasteiger partial charge is 0.459 e. The van der Waals surface area contributed by atoms with Crippen LogP contribution in [0.1, 0.15) is 48.5 Å². The molecular formula is C24H19Cl3O3P+. The maximum atomic E-state index is 13.4. The van der Waals surface area contributed by atoms with E-state index in [1.807, 2.05) is 33.8 Å². The second kappa shape index (κ2) is 9.22. The molecule has 1 unspecified atom stereocenters. The van der Waals surface area contributed by atoms with E-state index in [4.69, 9.17) is 34.8 Å². The highest BCUT2D eigenvalue weighted by molar-refractivity contribution is 7.71. The first kappa shape index (κ1) is 23.6. The summed E-state index contributed by atoms with van der Waals surface area (Å²) >= 11 is 18.4. The van der Waals surface area contributed by atoms with E-state index in [1.54, 1.807) is 12.1 Å². The average molecular weight is 493 g/mol. The summed E-state index contributed by atoms with van der Waals surface area (Å²) in [4.78, 5) is 26.5. The fourth-order valence-corrected chi connectivity index (χ4v) is 5.93. The van der Waals surface area contributed by atoms with E-state index < -0.39 is 19.1 Å². The Bertz CT molecular complexity index is 1240. The molecule has 0 N–H and O–H groups in total. The van der Waals surface area contributed by atoms with Crippen LogP contribution >= 0.6 is 42.6 Å². The topological polar surface area (TPSA) is 51.2 Å². The first-order chi connectivity index (χ1) is 14.5. The Morgan fingerprint density at radius 2 is 1.35 bits per heavy atom. The van der Waals surface area contributed by atoms with Crippen molar-refractivity contribution >= 4 is 59.2 Å². The van der Waals surface area contributed by atoms with Crippen LogP contribution in [-0.2, 0) is 4.57 Å². The van der Waals surface area contributed by atoms with Crippen molar-refractivity contribution in [1.82, 2.24) is 0 Å². The number of benzene rings is 3. The summed E-state index contributed by atoms with van der Waals surface area (Å²) in [5.41, 5.74) is 3.65. The van der Waals surface area contributed by atoms with Crippen molar-refractivity contribution in [3.8, 4) is 0 Å². The lowest BCUT2D eigenvalue weighted by Crippen LogP contribution is -2.17. The summed E-state index contributed by atoms with van der Waals surface area (Å²) in [5, 5.41) is 0.604. The summed E-state index contributed by atoms with van der Waals surface area (Å²) in [6, 6.07) is 11.0. The van der Waals surface area contributed by atoms with E-state index in [9.17, 15) is 14.2 Å². The average Bonchev–Trinajstić information content (AvgIpc) is 2.70. The van der Waals surface area contributed by atoms with Crippen molar-refractivity contribution in [1.29, 1.82) is 0 Å². The van der Waals surface area contributed by atoms with Gasteiger partial charge in [-0.3, -0.25) is 4.79 Å². The van der Waals surface area contributed by atoms with Gasteiger partial charge in [0.05, 0.1) is 26.7 Å². The van der Waals surface area contributed by atoms with Crippen molar-refractivity contribution in [2.45, 2.75) is 27.7 Å². The molecule has 158 valence electrons. The van der Waals surface area contributed by atoms with Gasteiger partial charge in [0.1, 0.15) is 0 Å². The number of carbonyl (C=O) groups excluding carboxylic acids is 2. The van der Waals surface area contributed by atoms with Crippen LogP contribution in [0, 0.1) is 27.7 Å². The minimum absolute atomic E-state index is 0.0505. The van der Waals surface area contributed by atoms with Crippen molar-refractivity contribution in [3.05, 3.63) is 96.5 Å². The minimum Gasteiger partial charge on any atom is -0.288 e. The number of hydrogen-bond acceptors (Lipinski definition) is 3. The van der Waals surface area contributed by atoms with E-state index >= 15 is 0 Å². The van der Waals surface area contributed by atoms with Gasteiger partial charge in [-0.15, -0.1) is 0 Å². The van der Waals surface area contributed by atoms with Gasteiger partial charge in [-0.2, -0.15) is 0 Å². The second-order valence-corrected chi connectivity index (χ2v) is 10.1. The molecule has 3 aromatic rings. The predicted molar refractivity (Wildman–Crippen MR) is 128 cm³/mol. The zero-order chi connectivity index (χ0) is 23.0. The number of hydrogen-bond donors (Lipinski definition) is 0. The van der Waals surface area contributed by atoms with Gasteiger partial charge in [-0.25, -0.2) is 4.79 Å². The summed E-state index contributed by atoms with van der Waals surface area (Å²) in [5.74, 6) is -0.521. The van der Waals surface area contributed by atoms with Gasteiger partial charge < -0.3 is 0 Å². The van der Waals surface area contributed by atoms with Gasteiger partial charge in [0.25, 0.3) is 0 Å². The molecule has 1 atom stereocenters. The quantitative estimate of drug-likeness (QED) is 0.275. The molecule has 3 rings (SSSR count). The van der Waals surface area contributed by atoms with Gasteiger partial charge in [-0.05, 0) is 74.2 Å². The molecule has 3 aromatic carbocycles. The summed E-state index contributed by atoms with van der Waals surface area (Å²) in [6.45, 7) is 7.56. The fourth-order valence-electron chi connectivity index (χ4n) is 3.56. The van der Waals surface area contributed by atoms with Crippen molar-refractivity contribution < 1.29 is 14.2 Å². The molecule has 0 radical (unpaired) electrons. The lowest BCUT2D eigenvalue weighted by atomic mass is 9.95. The standard InChI is InChI=1S/C24H19Cl3O3P/c1-12-9-13(2)21(15(4)14(12)3)24(29)31(30)20-8-6-5-7-17(20)23(28)22-18(26)10-16(25)11-19(22)27/h5-11H,1-4H3/q+1. The third kappa shape index (κ3) is 4.47. The SMILES string of the molecule is Cc1cc(C)c(C(=O)[P+](=O)c2ccccc2C(=O)c2c(Cl)cc(Cl)cc2Cl)c(C)c1C. The molecule has 0 aliphatic heterocycles. The van der Waals surface area contributed by atoms with Gasteiger partial charge in [0, 0.05) is 5.02 Å². The highest BCUT2D eigenvalue weighted by Gasteiger charge is 2.39. The smallest absolute Gasteiger partial charge is 0.288 e. The Morgan fingerprint density at radius 1 is 0.774 bits per heavy atom. The predicted octanol–water partition coefficient (Wildman–Crippen LogP) is 7.40. The second-order valence-electron chi connectivity index (χ2n) is 7.33. The minimum atomic E-state index is -2.56. The molecular weight excluding hydrogens is 474 g/mol. The molecule has 0 aliphatic rings. The lowest BCUT2D eigenvalue weighted by molar-refractivity contribution is 0.103. The molecule has 3 nitrogen and oxygen atoms in total. The zero-order valence-electron chi connectivity index (χ0n) is 17.3. The molecule has 7 heteroatoms. The molecule has 0 bridgehead atoms. The summed E-state index contributed by atoms with van der Waals surface area (Å²) < 4.78 is 13.4. The van der Waals surface area contributed by atoms with Gasteiger partial charge in [-0.1, -0.05) is 57.6 Å². The Labute approximate surface area is 197 Å².